The molecule has 0 unspecified atom stereocenters. The average molecular weight is 427 g/mol. The number of hydrogen-bond acceptors (Lipinski definition) is 4. The van der Waals surface area contributed by atoms with E-state index in [2.05, 4.69) is 12.0 Å². The van der Waals surface area contributed by atoms with Crippen molar-refractivity contribution >= 4 is 23.4 Å². The zero-order valence-corrected chi connectivity index (χ0v) is 18.3. The van der Waals surface area contributed by atoms with Crippen LogP contribution < -0.4 is 14.5 Å². The normalized spacial score (nSPS) is 14.6. The zero-order valence-electron chi connectivity index (χ0n) is 18.3. The monoisotopic (exact) mass is 426 g/mol. The number of carbonyl (C=O) groups is 1. The van der Waals surface area contributed by atoms with Crippen LogP contribution in [0, 0.1) is 0 Å². The maximum Gasteiger partial charge on any atom is 0.281 e. The number of para-hydroxylation sites is 1. The van der Waals surface area contributed by atoms with E-state index in [1.807, 2.05) is 91.9 Å². The number of ether oxygens (including phenoxy) is 2. The van der Waals surface area contributed by atoms with Crippen molar-refractivity contribution in [2.75, 3.05) is 18.2 Å². The van der Waals surface area contributed by atoms with Crippen LogP contribution in [0.1, 0.15) is 31.4 Å². The number of hydrazone groups is 1. The van der Waals surface area contributed by atoms with Crippen LogP contribution in [0.25, 0.3) is 6.08 Å². The van der Waals surface area contributed by atoms with Gasteiger partial charge >= 0.3 is 0 Å². The Balaban J connectivity index is 1.76. The number of benzene rings is 3. The lowest BCUT2D eigenvalue weighted by Crippen LogP contribution is -2.21. The summed E-state index contributed by atoms with van der Waals surface area (Å²) >= 11 is 0. The number of nitrogens with zero attached hydrogens (tertiary/aromatic N) is 2. The fraction of sp³-hybridized carbons (Fsp3) is 0.185. The number of amides is 1. The molecule has 0 radical (unpaired) electrons. The Morgan fingerprint density at radius 1 is 0.875 bits per heavy atom. The van der Waals surface area contributed by atoms with Crippen LogP contribution in [0.5, 0.6) is 11.5 Å². The predicted octanol–water partition coefficient (Wildman–Crippen LogP) is 5.71. The van der Waals surface area contributed by atoms with E-state index in [-0.39, 0.29) is 5.91 Å². The highest BCUT2D eigenvalue weighted by Gasteiger charge is 2.32. The first kappa shape index (κ1) is 21.4. The van der Waals surface area contributed by atoms with E-state index < -0.39 is 0 Å². The van der Waals surface area contributed by atoms with E-state index in [0.717, 1.165) is 23.2 Å². The smallest absolute Gasteiger partial charge is 0.281 e. The van der Waals surface area contributed by atoms with Gasteiger partial charge < -0.3 is 9.47 Å². The van der Waals surface area contributed by atoms with Crippen molar-refractivity contribution in [1.82, 2.24) is 0 Å². The van der Waals surface area contributed by atoms with Gasteiger partial charge in [-0.3, -0.25) is 4.79 Å². The maximum atomic E-state index is 13.4. The third-order valence-electron chi connectivity index (χ3n) is 4.97. The van der Waals surface area contributed by atoms with Crippen molar-refractivity contribution in [3.8, 4) is 11.5 Å². The molecule has 0 fully saturated rings. The van der Waals surface area contributed by atoms with Crippen LogP contribution in [-0.2, 0) is 4.79 Å². The fourth-order valence-corrected chi connectivity index (χ4v) is 3.48. The van der Waals surface area contributed by atoms with Gasteiger partial charge in [-0.1, -0.05) is 61.5 Å². The molecular weight excluding hydrogens is 400 g/mol. The summed E-state index contributed by atoms with van der Waals surface area (Å²) in [5.41, 5.74) is 3.64. The molecule has 0 saturated carbocycles. The summed E-state index contributed by atoms with van der Waals surface area (Å²) in [7, 11) is 0. The standard InChI is InChI=1S/C27H26N2O3/c1-3-17-32-24-16-15-20(19-25(24)31-4-2)18-23-26(21-11-7-5-8-12-21)28-29(27(23)30)22-13-9-6-10-14-22/h5-16,18-19H,3-4,17H2,1-2H3/b23-18-. The topological polar surface area (TPSA) is 51.1 Å². The van der Waals surface area contributed by atoms with Gasteiger partial charge in [0.05, 0.1) is 24.5 Å². The molecule has 1 aliphatic heterocycles. The summed E-state index contributed by atoms with van der Waals surface area (Å²) < 4.78 is 11.6. The maximum absolute atomic E-state index is 13.4. The summed E-state index contributed by atoms with van der Waals surface area (Å²) in [6, 6.07) is 24.9. The van der Waals surface area contributed by atoms with Gasteiger partial charge in [-0.2, -0.15) is 10.1 Å². The molecule has 3 aromatic carbocycles. The second kappa shape index (κ2) is 9.96. The number of carbonyl (C=O) groups excluding carboxylic acids is 1. The molecule has 0 N–H and O–H groups in total. The molecule has 3 aromatic rings. The number of hydrogen-bond donors (Lipinski definition) is 0. The van der Waals surface area contributed by atoms with Gasteiger partial charge in [0.2, 0.25) is 0 Å². The van der Waals surface area contributed by atoms with Gasteiger partial charge in [-0.15, -0.1) is 0 Å². The Morgan fingerprint density at radius 3 is 2.28 bits per heavy atom. The first-order chi connectivity index (χ1) is 15.7. The highest BCUT2D eigenvalue weighted by atomic mass is 16.5. The predicted molar refractivity (Wildman–Crippen MR) is 128 cm³/mol. The second-order valence-corrected chi connectivity index (χ2v) is 7.31. The van der Waals surface area contributed by atoms with Crippen LogP contribution in [0.2, 0.25) is 0 Å². The quantitative estimate of drug-likeness (QED) is 0.434. The molecule has 32 heavy (non-hydrogen) atoms. The SMILES string of the molecule is CCCOc1ccc(/C=C2\C(=O)N(c3ccccc3)N=C2c2ccccc2)cc1OCC. The minimum Gasteiger partial charge on any atom is -0.490 e. The Hall–Kier alpha value is -3.86. The van der Waals surface area contributed by atoms with E-state index in [9.17, 15) is 4.79 Å². The largest absolute Gasteiger partial charge is 0.490 e. The average Bonchev–Trinajstić information content (AvgIpc) is 3.16. The van der Waals surface area contributed by atoms with Crippen LogP contribution in [0.3, 0.4) is 0 Å². The summed E-state index contributed by atoms with van der Waals surface area (Å²) in [6.07, 6.45) is 2.78. The van der Waals surface area contributed by atoms with Gasteiger partial charge in [0.1, 0.15) is 5.71 Å². The van der Waals surface area contributed by atoms with E-state index in [4.69, 9.17) is 9.47 Å². The Bertz CT molecular complexity index is 1140. The van der Waals surface area contributed by atoms with Crippen LogP contribution in [-0.4, -0.2) is 24.8 Å². The van der Waals surface area contributed by atoms with Crippen molar-refractivity contribution in [3.05, 3.63) is 95.6 Å². The molecule has 5 heteroatoms. The fourth-order valence-electron chi connectivity index (χ4n) is 3.48. The first-order valence-corrected chi connectivity index (χ1v) is 10.9. The summed E-state index contributed by atoms with van der Waals surface area (Å²) in [6.45, 7) is 5.15. The number of rotatable bonds is 8. The molecule has 162 valence electrons. The molecule has 0 saturated heterocycles. The molecule has 5 nitrogen and oxygen atoms in total. The highest BCUT2D eigenvalue weighted by Crippen LogP contribution is 2.32. The number of anilines is 1. The van der Waals surface area contributed by atoms with Gasteiger partial charge in [0.15, 0.2) is 11.5 Å². The van der Waals surface area contributed by atoms with Crippen molar-refractivity contribution < 1.29 is 14.3 Å². The summed E-state index contributed by atoms with van der Waals surface area (Å²) in [4.78, 5) is 13.4. The molecule has 0 aliphatic carbocycles. The van der Waals surface area contributed by atoms with Crippen molar-refractivity contribution in [2.45, 2.75) is 20.3 Å². The molecule has 0 aromatic heterocycles. The molecule has 1 heterocycles. The molecule has 0 atom stereocenters. The third-order valence-corrected chi connectivity index (χ3v) is 4.97. The van der Waals surface area contributed by atoms with Gasteiger partial charge in [0.25, 0.3) is 5.91 Å². The molecule has 1 amide bonds. The summed E-state index contributed by atoms with van der Waals surface area (Å²) in [5, 5.41) is 6.13. The van der Waals surface area contributed by atoms with E-state index in [0.29, 0.717) is 36.0 Å². The molecule has 0 bridgehead atoms. The molecular formula is C27H26N2O3. The lowest BCUT2D eigenvalue weighted by atomic mass is 10.00. The van der Waals surface area contributed by atoms with E-state index in [1.54, 1.807) is 0 Å². The lowest BCUT2D eigenvalue weighted by Gasteiger charge is -2.13. The van der Waals surface area contributed by atoms with Crippen molar-refractivity contribution in [1.29, 1.82) is 0 Å². The Morgan fingerprint density at radius 2 is 1.59 bits per heavy atom. The van der Waals surface area contributed by atoms with Crippen LogP contribution in [0.4, 0.5) is 5.69 Å². The van der Waals surface area contributed by atoms with E-state index in [1.165, 1.54) is 5.01 Å². The second-order valence-electron chi connectivity index (χ2n) is 7.31. The Kier molecular flexibility index (Phi) is 6.66. The minimum atomic E-state index is -0.167. The highest BCUT2D eigenvalue weighted by molar-refractivity contribution is 6.37. The molecule has 1 aliphatic rings. The van der Waals surface area contributed by atoms with Gasteiger partial charge in [-0.05, 0) is 49.2 Å². The van der Waals surface area contributed by atoms with Gasteiger partial charge in [0, 0.05) is 5.56 Å². The minimum absolute atomic E-state index is 0.167. The third kappa shape index (κ3) is 4.57. The lowest BCUT2D eigenvalue weighted by molar-refractivity contribution is -0.114. The first-order valence-electron chi connectivity index (χ1n) is 10.9. The van der Waals surface area contributed by atoms with Crippen molar-refractivity contribution in [3.63, 3.8) is 0 Å². The Labute approximate surface area is 188 Å². The summed E-state index contributed by atoms with van der Waals surface area (Å²) in [5.74, 6) is 1.20. The van der Waals surface area contributed by atoms with Crippen LogP contribution in [0.15, 0.2) is 89.5 Å². The van der Waals surface area contributed by atoms with Crippen LogP contribution >= 0.6 is 0 Å². The zero-order chi connectivity index (χ0) is 22.3. The van der Waals surface area contributed by atoms with Crippen molar-refractivity contribution in [2.24, 2.45) is 5.10 Å². The van der Waals surface area contributed by atoms with Gasteiger partial charge in [-0.25, -0.2) is 0 Å². The molecule has 0 spiro atoms. The molecule has 4 rings (SSSR count). The van der Waals surface area contributed by atoms with E-state index >= 15 is 0 Å².